The first-order valence-corrected chi connectivity index (χ1v) is 11.9. The molecule has 204 valence electrons. The number of nitrogens with one attached hydrogen (secondary N) is 2. The zero-order valence-electron chi connectivity index (χ0n) is 20.5. The fraction of sp³-hybridized carbons (Fsp3) is 0.458. The van der Waals surface area contributed by atoms with Gasteiger partial charge in [-0.2, -0.15) is 36.7 Å². The number of nitrogens with zero attached hydrogens (tertiary/aromatic N) is 5. The maximum absolute atomic E-state index is 14.8. The lowest BCUT2D eigenvalue weighted by atomic mass is 9.77. The second kappa shape index (κ2) is 10.2. The fourth-order valence-corrected chi connectivity index (χ4v) is 4.42. The Morgan fingerprint density at radius 2 is 1.76 bits per heavy atom. The average molecular weight is 542 g/mol. The van der Waals surface area contributed by atoms with Crippen LogP contribution < -0.4 is 5.32 Å². The van der Waals surface area contributed by atoms with E-state index in [2.05, 4.69) is 31.0 Å². The van der Waals surface area contributed by atoms with Gasteiger partial charge in [0.25, 0.3) is 5.91 Å². The van der Waals surface area contributed by atoms with Crippen LogP contribution in [0.4, 0.5) is 26.3 Å². The first-order chi connectivity index (χ1) is 17.8. The number of unbranched alkanes of at least 4 members (excludes halogenated alkanes) is 1. The molecular formula is C24H25F6N7O. The summed E-state index contributed by atoms with van der Waals surface area (Å²) in [4.78, 5) is 13.3. The number of amides is 1. The van der Waals surface area contributed by atoms with Gasteiger partial charge in [0.15, 0.2) is 5.54 Å². The van der Waals surface area contributed by atoms with E-state index in [1.54, 1.807) is 10.9 Å². The minimum atomic E-state index is -4.91. The molecule has 2 N–H and O–H groups in total. The van der Waals surface area contributed by atoms with Crippen LogP contribution in [0.3, 0.4) is 0 Å². The van der Waals surface area contributed by atoms with Crippen molar-refractivity contribution in [2.75, 3.05) is 0 Å². The minimum Gasteiger partial charge on any atom is -0.334 e. The van der Waals surface area contributed by atoms with Crippen molar-refractivity contribution in [2.24, 2.45) is 0 Å². The molecule has 0 saturated heterocycles. The first kappa shape index (κ1) is 27.3. The van der Waals surface area contributed by atoms with Gasteiger partial charge in [-0.05, 0) is 61.1 Å². The van der Waals surface area contributed by atoms with Gasteiger partial charge in [-0.25, -0.2) is 0 Å². The number of tetrazole rings is 1. The molecule has 4 rings (SSSR count). The van der Waals surface area contributed by atoms with Crippen molar-refractivity contribution in [1.29, 1.82) is 0 Å². The smallest absolute Gasteiger partial charge is 0.334 e. The molecule has 14 heteroatoms. The number of aryl methyl sites for hydroxylation is 1. The molecule has 0 radical (unpaired) electrons. The summed E-state index contributed by atoms with van der Waals surface area (Å²) < 4.78 is 83.1. The van der Waals surface area contributed by atoms with Gasteiger partial charge >= 0.3 is 12.4 Å². The van der Waals surface area contributed by atoms with E-state index in [9.17, 15) is 31.1 Å². The summed E-state index contributed by atoms with van der Waals surface area (Å²) in [6.45, 7) is 3.70. The van der Waals surface area contributed by atoms with Crippen LogP contribution in [0, 0.1) is 0 Å². The Morgan fingerprint density at radius 1 is 1.05 bits per heavy atom. The molecule has 0 fully saturated rings. The number of carbonyl (C=O) groups excluding carboxylic acids is 1. The van der Waals surface area contributed by atoms with Gasteiger partial charge < -0.3 is 5.32 Å². The molecule has 0 aliphatic carbocycles. The predicted molar refractivity (Wildman–Crippen MR) is 124 cm³/mol. The summed E-state index contributed by atoms with van der Waals surface area (Å²) in [5.74, 6) is -1.21. The van der Waals surface area contributed by atoms with Gasteiger partial charge in [0, 0.05) is 25.1 Å². The third-order valence-electron chi connectivity index (χ3n) is 6.42. The number of benzene rings is 1. The second-order valence-electron chi connectivity index (χ2n) is 9.42. The van der Waals surface area contributed by atoms with Gasteiger partial charge in [0.1, 0.15) is 0 Å². The Morgan fingerprint density at radius 3 is 2.32 bits per heavy atom. The van der Waals surface area contributed by atoms with Crippen molar-refractivity contribution in [3.63, 3.8) is 0 Å². The second-order valence-corrected chi connectivity index (χ2v) is 9.42. The van der Waals surface area contributed by atoms with Crippen molar-refractivity contribution < 1.29 is 31.1 Å². The molecule has 8 nitrogen and oxygen atoms in total. The molecule has 0 bridgehead atoms. The third-order valence-corrected chi connectivity index (χ3v) is 6.42. The quantitative estimate of drug-likeness (QED) is 0.304. The molecule has 38 heavy (non-hydrogen) atoms. The molecule has 1 amide bonds. The van der Waals surface area contributed by atoms with Gasteiger partial charge in [-0.3, -0.25) is 9.48 Å². The first-order valence-electron chi connectivity index (χ1n) is 11.9. The van der Waals surface area contributed by atoms with Crippen LogP contribution in [0.25, 0.3) is 11.1 Å². The number of alkyl halides is 6. The predicted octanol–water partition coefficient (Wildman–Crippen LogP) is 5.14. The molecule has 0 spiro atoms. The highest BCUT2D eigenvalue weighted by atomic mass is 19.4. The summed E-state index contributed by atoms with van der Waals surface area (Å²) in [5.41, 5.74) is -2.41. The van der Waals surface area contributed by atoms with Gasteiger partial charge in [0.2, 0.25) is 5.82 Å². The third kappa shape index (κ3) is 5.58. The number of H-pyrrole nitrogens is 1. The lowest BCUT2D eigenvalue weighted by Crippen LogP contribution is -2.58. The van der Waals surface area contributed by atoms with Crippen LogP contribution in [0.15, 0.2) is 36.5 Å². The normalized spacial score (nSPS) is 18.8. The van der Waals surface area contributed by atoms with E-state index in [0.717, 1.165) is 0 Å². The zero-order chi connectivity index (χ0) is 27.7. The lowest BCUT2D eigenvalue weighted by molar-refractivity contribution is -0.201. The Kier molecular flexibility index (Phi) is 7.35. The number of halogens is 6. The van der Waals surface area contributed by atoms with Crippen LogP contribution in [-0.2, 0) is 16.8 Å². The van der Waals surface area contributed by atoms with Crippen molar-refractivity contribution in [1.82, 2.24) is 35.7 Å². The van der Waals surface area contributed by atoms with Crippen LogP contribution in [0.5, 0.6) is 0 Å². The maximum atomic E-state index is 14.8. The highest BCUT2D eigenvalue weighted by molar-refractivity contribution is 6.27. The molecule has 1 aliphatic heterocycles. The van der Waals surface area contributed by atoms with Gasteiger partial charge in [-0.15, -0.1) is 10.2 Å². The largest absolute Gasteiger partial charge is 0.416 e. The van der Waals surface area contributed by atoms with E-state index < -0.39 is 36.6 Å². The number of hydrogen-bond donors (Lipinski definition) is 2. The molecule has 3 heterocycles. The molecule has 3 aromatic rings. The summed E-state index contributed by atoms with van der Waals surface area (Å²) in [6, 6.07) is 6.82. The van der Waals surface area contributed by atoms with E-state index in [4.69, 9.17) is 0 Å². The summed E-state index contributed by atoms with van der Waals surface area (Å²) in [6.07, 6.45) is -8.73. The molecule has 1 unspecified atom stereocenters. The molecule has 1 atom stereocenters. The van der Waals surface area contributed by atoms with Crippen LogP contribution in [0.2, 0.25) is 0 Å². The van der Waals surface area contributed by atoms with Crippen molar-refractivity contribution in [2.45, 2.75) is 69.9 Å². The van der Waals surface area contributed by atoms with Crippen LogP contribution in [-0.4, -0.2) is 48.7 Å². The molecular weight excluding hydrogens is 516 g/mol. The molecule has 0 saturated carbocycles. The van der Waals surface area contributed by atoms with E-state index in [0.29, 0.717) is 5.56 Å². The monoisotopic (exact) mass is 541 g/mol. The topological polar surface area (TPSA) is 101 Å². The van der Waals surface area contributed by atoms with Gasteiger partial charge in [0.05, 0.1) is 11.3 Å². The molecule has 1 aromatic carbocycles. The summed E-state index contributed by atoms with van der Waals surface area (Å²) in [7, 11) is 0. The van der Waals surface area contributed by atoms with Crippen LogP contribution >= 0.6 is 0 Å². The Hall–Kier alpha value is -3.71. The zero-order valence-corrected chi connectivity index (χ0v) is 20.5. The lowest BCUT2D eigenvalue weighted by Gasteiger charge is -2.41. The Balaban J connectivity index is 1.71. The highest BCUT2D eigenvalue weighted by Gasteiger charge is 2.60. The number of aromatic amines is 1. The SMILES string of the molecule is CC(C)n1ccc(C2=C(c3nn[nH]n3)C(=O)NC(c3ccc(CCCCC(F)(F)F)cc3)(C(F)(F)F)C2)n1. The standard InChI is InChI=1S/C24H25F6N7O/c1-14(2)37-12-10-18(34-37)17-13-22(24(28,29)30,31-21(38)19(17)20-32-35-36-33-20)16-8-6-15(7-9-16)5-3-4-11-23(25,26)27/h6-10,12,14H,3-5,11,13H2,1-2H3,(H,31,38)(H,32,33,35,36). The van der Waals surface area contributed by atoms with Crippen LogP contribution in [0.1, 0.15) is 68.2 Å². The Labute approximate surface area is 213 Å². The summed E-state index contributed by atoms with van der Waals surface area (Å²) in [5, 5.41) is 19.8. The molecule has 1 aliphatic rings. The summed E-state index contributed by atoms with van der Waals surface area (Å²) >= 11 is 0. The average Bonchev–Trinajstić information content (AvgIpc) is 3.53. The van der Waals surface area contributed by atoms with E-state index in [-0.39, 0.29) is 53.5 Å². The Bertz CT molecular complexity index is 1290. The van der Waals surface area contributed by atoms with E-state index in [1.807, 2.05) is 13.8 Å². The molecule has 2 aromatic heterocycles. The van der Waals surface area contributed by atoms with E-state index in [1.165, 1.54) is 30.3 Å². The number of aromatic nitrogens is 6. The maximum Gasteiger partial charge on any atom is 0.416 e. The number of hydrogen-bond acceptors (Lipinski definition) is 5. The van der Waals surface area contributed by atoms with Gasteiger partial charge in [-0.1, -0.05) is 24.3 Å². The van der Waals surface area contributed by atoms with Crippen molar-refractivity contribution in [3.8, 4) is 0 Å². The minimum absolute atomic E-state index is 0.00287. The highest BCUT2D eigenvalue weighted by Crippen LogP contribution is 2.49. The fourth-order valence-electron chi connectivity index (χ4n) is 4.42. The van der Waals surface area contributed by atoms with E-state index >= 15 is 0 Å². The van der Waals surface area contributed by atoms with Crippen molar-refractivity contribution in [3.05, 3.63) is 59.2 Å². The van der Waals surface area contributed by atoms with Crippen molar-refractivity contribution >= 4 is 17.1 Å². The number of carbonyl (C=O) groups is 1. The number of rotatable bonds is 8.